The molecule has 0 fully saturated rings. The molecule has 3 N–H and O–H groups in total. The van der Waals surface area contributed by atoms with Crippen LogP contribution in [0.5, 0.6) is 0 Å². The summed E-state index contributed by atoms with van der Waals surface area (Å²) in [6, 6.07) is 0. The molecule has 9 nitrogen and oxygen atoms in total. The molecule has 0 heterocycles. The minimum absolute atomic E-state index is 0.0359. The monoisotopic (exact) mass is 1240 g/mol. The molecule has 0 amide bonds. The number of allylic oxidation sites excluding steroid dienone is 36. The second-order valence-electron chi connectivity index (χ2n) is 21.6. The van der Waals surface area contributed by atoms with Crippen LogP contribution in [0.25, 0.3) is 0 Å². The highest BCUT2D eigenvalue weighted by Crippen LogP contribution is 2.43. The molecule has 0 aromatic rings. The lowest BCUT2D eigenvalue weighted by Crippen LogP contribution is -2.29. The summed E-state index contributed by atoms with van der Waals surface area (Å²) in [7, 11) is -4.42. The normalized spacial score (nSPS) is 14.3. The van der Waals surface area contributed by atoms with Crippen molar-refractivity contribution in [1.29, 1.82) is 0 Å². The number of carbonyl (C=O) groups is 2. The Labute approximate surface area is 543 Å². The zero-order valence-electron chi connectivity index (χ0n) is 55.6. The Balaban J connectivity index is 4.08. The molecular weight excluding hydrogens is 1120 g/mol. The van der Waals surface area contributed by atoms with E-state index < -0.39 is 32.5 Å². The van der Waals surface area contributed by atoms with Crippen LogP contribution in [0.4, 0.5) is 0 Å². The third-order valence-electron chi connectivity index (χ3n) is 13.4. The van der Waals surface area contributed by atoms with E-state index in [0.29, 0.717) is 12.8 Å². The molecule has 2 unspecified atom stereocenters. The molecule has 0 saturated heterocycles. The zero-order chi connectivity index (χ0) is 64.4. The fourth-order valence-electron chi connectivity index (χ4n) is 8.38. The Hall–Kier alpha value is -5.67. The number of hydrogen-bond acceptors (Lipinski definition) is 8. The van der Waals surface area contributed by atoms with Crippen molar-refractivity contribution in [3.63, 3.8) is 0 Å². The Kier molecular flexibility index (Phi) is 66.9. The number of carbonyl (C=O) groups excluding carboxylic acids is 2. The van der Waals surface area contributed by atoms with Crippen LogP contribution in [0.15, 0.2) is 219 Å². The molecule has 0 aliphatic rings. The van der Waals surface area contributed by atoms with E-state index in [1.165, 1.54) is 0 Å². The number of phosphoric acid groups is 1. The number of rotatable bonds is 61. The summed E-state index contributed by atoms with van der Waals surface area (Å²) in [5, 5.41) is 0. The maximum Gasteiger partial charge on any atom is 0.472 e. The maximum absolute atomic E-state index is 12.8. The summed E-state index contributed by atoms with van der Waals surface area (Å²) < 4.78 is 33.1. The lowest BCUT2D eigenvalue weighted by atomic mass is 10.1. The van der Waals surface area contributed by atoms with Gasteiger partial charge in [0.1, 0.15) is 6.61 Å². The van der Waals surface area contributed by atoms with Gasteiger partial charge in [-0.15, -0.1) is 0 Å². The van der Waals surface area contributed by atoms with Gasteiger partial charge in [-0.25, -0.2) is 4.57 Å². The van der Waals surface area contributed by atoms with Gasteiger partial charge >= 0.3 is 19.8 Å². The van der Waals surface area contributed by atoms with Crippen LogP contribution in [0.2, 0.25) is 0 Å². The van der Waals surface area contributed by atoms with Crippen LogP contribution in [-0.2, 0) is 32.7 Å². The van der Waals surface area contributed by atoms with Crippen LogP contribution >= 0.6 is 7.82 Å². The predicted molar refractivity (Wildman–Crippen MR) is 384 cm³/mol. The number of ether oxygens (including phenoxy) is 2. The summed E-state index contributed by atoms with van der Waals surface area (Å²) in [6.45, 7) is 3.45. The summed E-state index contributed by atoms with van der Waals surface area (Å²) in [6.07, 6.45) is 111. The molecule has 0 aromatic heterocycles. The average molecular weight is 1240 g/mol. The van der Waals surface area contributed by atoms with Crippen LogP contribution < -0.4 is 5.73 Å². The van der Waals surface area contributed by atoms with Crippen molar-refractivity contribution >= 4 is 19.8 Å². The molecule has 89 heavy (non-hydrogen) atoms. The predicted octanol–water partition coefficient (Wildman–Crippen LogP) is 22.8. The van der Waals surface area contributed by atoms with Gasteiger partial charge < -0.3 is 20.1 Å². The first-order valence-electron chi connectivity index (χ1n) is 34.2. The highest BCUT2D eigenvalue weighted by Gasteiger charge is 2.26. The van der Waals surface area contributed by atoms with Crippen molar-refractivity contribution in [3.05, 3.63) is 219 Å². The fraction of sp³-hybridized carbons (Fsp3) is 0.519. The smallest absolute Gasteiger partial charge is 0.462 e. The van der Waals surface area contributed by atoms with Crippen molar-refractivity contribution < 1.29 is 37.6 Å². The highest BCUT2D eigenvalue weighted by molar-refractivity contribution is 7.47. The van der Waals surface area contributed by atoms with Gasteiger partial charge in [-0.3, -0.25) is 18.6 Å². The van der Waals surface area contributed by atoms with Crippen molar-refractivity contribution in [1.82, 2.24) is 0 Å². The van der Waals surface area contributed by atoms with Crippen molar-refractivity contribution in [3.8, 4) is 0 Å². The molecule has 0 spiro atoms. The van der Waals surface area contributed by atoms with Gasteiger partial charge in [0.25, 0.3) is 0 Å². The first-order valence-corrected chi connectivity index (χ1v) is 35.7. The molecule has 0 aliphatic heterocycles. The standard InChI is InChI=1S/C79H122NO8P/c1-3-5-7-9-11-13-15-17-19-21-23-25-27-29-31-33-35-36-37-38-39-40-42-44-46-48-50-52-54-56-58-60-62-64-66-68-70-72-79(82)88-77(76-87-89(83,84)86-74-73-80)75-85-78(81)71-69-67-65-63-61-59-57-55-53-51-49-47-45-43-41-34-32-30-28-26-24-22-20-18-16-14-12-10-8-6-4-2/h5-8,11-14,17-20,23-26,29-32,35-36,38-39,41-44,47-50,53-56,77H,3-4,9-10,15-16,21-22,27-28,33-34,37,40,45-46,51-52,57-76,80H2,1-2H3,(H,83,84)/b7-5-,8-6-,13-11-,14-12-,19-17-,20-18-,25-23-,26-24-,31-29-,32-30-,36-35-,39-38-,43-41-,44-42-,49-47-,50-48-,55-53-,56-54-. The van der Waals surface area contributed by atoms with Crippen LogP contribution in [0, 0.1) is 0 Å². The molecule has 0 aromatic carbocycles. The molecule has 496 valence electrons. The lowest BCUT2D eigenvalue weighted by molar-refractivity contribution is -0.161. The second-order valence-corrected chi connectivity index (χ2v) is 23.0. The SMILES string of the molecule is CC/C=C\C/C=C\C/C=C\C/C=C\C/C=C\C/C=C\C/C=C\C/C=C\C/C=C\C/C=C\CCCCCCCCC(=O)OC(COC(=O)CCCCCCCC/C=C\C/C=C\C/C=C\C/C=C\C/C=C\C/C=C\C/C=C\C/C=C\CC)COP(=O)(O)OCCN. The molecule has 0 rings (SSSR count). The third kappa shape index (κ3) is 71.3. The summed E-state index contributed by atoms with van der Waals surface area (Å²) in [5.74, 6) is -0.880. The van der Waals surface area contributed by atoms with E-state index in [9.17, 15) is 19.0 Å². The van der Waals surface area contributed by atoms with E-state index in [1.807, 2.05) is 0 Å². The molecule has 0 radical (unpaired) electrons. The minimum Gasteiger partial charge on any atom is -0.462 e. The number of esters is 2. The van der Waals surface area contributed by atoms with Gasteiger partial charge in [0.05, 0.1) is 13.2 Å². The Morgan fingerprint density at radius 2 is 0.584 bits per heavy atom. The largest absolute Gasteiger partial charge is 0.472 e. The van der Waals surface area contributed by atoms with Gasteiger partial charge in [0, 0.05) is 19.4 Å². The van der Waals surface area contributed by atoms with E-state index in [4.69, 9.17) is 24.3 Å². The van der Waals surface area contributed by atoms with Gasteiger partial charge in [0.2, 0.25) is 0 Å². The maximum atomic E-state index is 12.8. The molecule has 0 aliphatic carbocycles. The van der Waals surface area contributed by atoms with E-state index >= 15 is 0 Å². The molecule has 10 heteroatoms. The van der Waals surface area contributed by atoms with Crippen LogP contribution in [-0.4, -0.2) is 49.3 Å². The third-order valence-corrected chi connectivity index (χ3v) is 14.3. The number of hydrogen-bond donors (Lipinski definition) is 2. The lowest BCUT2D eigenvalue weighted by Gasteiger charge is -2.19. The minimum atomic E-state index is -4.42. The Morgan fingerprint density at radius 3 is 0.865 bits per heavy atom. The average Bonchev–Trinajstić information content (AvgIpc) is 3.68. The van der Waals surface area contributed by atoms with Crippen molar-refractivity contribution in [2.24, 2.45) is 5.73 Å². The highest BCUT2D eigenvalue weighted by atomic mass is 31.2. The van der Waals surface area contributed by atoms with Crippen LogP contribution in [0.3, 0.4) is 0 Å². The fourth-order valence-corrected chi connectivity index (χ4v) is 9.15. The molecule has 2 atom stereocenters. The molecule has 0 bridgehead atoms. The van der Waals surface area contributed by atoms with Gasteiger partial charge in [-0.05, 0) is 154 Å². The molecule has 0 saturated carbocycles. The number of nitrogens with two attached hydrogens (primary N) is 1. The van der Waals surface area contributed by atoms with Gasteiger partial charge in [0.15, 0.2) is 6.10 Å². The van der Waals surface area contributed by atoms with Crippen LogP contribution in [0.1, 0.15) is 232 Å². The number of phosphoric ester groups is 1. The van der Waals surface area contributed by atoms with Gasteiger partial charge in [-0.2, -0.15) is 0 Å². The number of unbranched alkanes of at least 4 members (excludes halogenated alkanes) is 12. The quantitative estimate of drug-likeness (QED) is 0.0264. The first kappa shape index (κ1) is 83.3. The van der Waals surface area contributed by atoms with Crippen molar-refractivity contribution in [2.75, 3.05) is 26.4 Å². The van der Waals surface area contributed by atoms with E-state index in [0.717, 1.165) is 193 Å². The topological polar surface area (TPSA) is 134 Å². The second kappa shape index (κ2) is 71.4. The van der Waals surface area contributed by atoms with Gasteiger partial charge in [-0.1, -0.05) is 284 Å². The zero-order valence-corrected chi connectivity index (χ0v) is 56.5. The first-order chi connectivity index (χ1) is 43.8. The molecular formula is C79H122NO8P. The summed E-state index contributed by atoms with van der Waals surface area (Å²) in [4.78, 5) is 35.3. The Bertz CT molecular complexity index is 2260. The van der Waals surface area contributed by atoms with E-state index in [-0.39, 0.29) is 32.6 Å². The van der Waals surface area contributed by atoms with E-state index in [2.05, 4.69) is 233 Å². The van der Waals surface area contributed by atoms with Crippen molar-refractivity contribution in [2.45, 2.75) is 238 Å². The Morgan fingerprint density at radius 1 is 0.337 bits per heavy atom. The van der Waals surface area contributed by atoms with E-state index in [1.54, 1.807) is 0 Å². The summed E-state index contributed by atoms with van der Waals surface area (Å²) in [5.41, 5.74) is 5.40. The summed E-state index contributed by atoms with van der Waals surface area (Å²) >= 11 is 0.